The molecule has 206 valence electrons. The molecule has 1 heterocycles. The van der Waals surface area contributed by atoms with Crippen molar-refractivity contribution in [3.8, 4) is 27.9 Å². The summed E-state index contributed by atoms with van der Waals surface area (Å²) in [5.41, 5.74) is 14.5. The fourth-order valence-electron chi connectivity index (χ4n) is 6.83. The molecule has 0 atom stereocenters. The van der Waals surface area contributed by atoms with Gasteiger partial charge >= 0.3 is 0 Å². The molecular weight excluding hydrogens is 518 g/mol. The first kappa shape index (κ1) is 25.6. The van der Waals surface area contributed by atoms with Crippen molar-refractivity contribution in [3.05, 3.63) is 161 Å². The number of rotatable bonds is 5. The molecule has 0 saturated heterocycles. The molecule has 0 radical (unpaired) electrons. The average molecular weight is 552 g/mol. The summed E-state index contributed by atoms with van der Waals surface area (Å²) in [6, 6.07) is 41.7. The van der Waals surface area contributed by atoms with Crippen molar-refractivity contribution in [2.24, 2.45) is 0 Å². The fraction of sp³-hybridized carbons (Fsp3) is 0.0952. The van der Waals surface area contributed by atoms with Crippen molar-refractivity contribution in [2.45, 2.75) is 25.7 Å². The first-order valence-electron chi connectivity index (χ1n) is 15.4. The van der Waals surface area contributed by atoms with E-state index in [2.05, 4.69) is 156 Å². The second kappa shape index (κ2) is 10.9. The molecule has 2 aliphatic rings. The molecule has 0 N–H and O–H groups in total. The summed E-state index contributed by atoms with van der Waals surface area (Å²) in [6.07, 6.45) is 18.4. The lowest BCUT2D eigenvalue weighted by Crippen LogP contribution is -2.03. The van der Waals surface area contributed by atoms with Gasteiger partial charge in [-0.1, -0.05) is 133 Å². The summed E-state index contributed by atoms with van der Waals surface area (Å²) in [7, 11) is 0. The zero-order valence-corrected chi connectivity index (χ0v) is 24.2. The molecule has 2 aliphatic carbocycles. The van der Waals surface area contributed by atoms with Crippen molar-refractivity contribution in [1.29, 1.82) is 0 Å². The van der Waals surface area contributed by atoms with Crippen LogP contribution < -0.4 is 0 Å². The van der Waals surface area contributed by atoms with Crippen molar-refractivity contribution in [3.63, 3.8) is 0 Å². The lowest BCUT2D eigenvalue weighted by atomic mass is 9.94. The fourth-order valence-corrected chi connectivity index (χ4v) is 6.83. The topological polar surface area (TPSA) is 4.93 Å². The molecule has 6 aromatic rings. The van der Waals surface area contributed by atoms with Gasteiger partial charge < -0.3 is 4.57 Å². The van der Waals surface area contributed by atoms with E-state index in [0.717, 1.165) is 25.7 Å². The highest BCUT2D eigenvalue weighted by Gasteiger charge is 2.24. The lowest BCUT2D eigenvalue weighted by Gasteiger charge is -2.17. The molecule has 43 heavy (non-hydrogen) atoms. The van der Waals surface area contributed by atoms with Gasteiger partial charge in [0.25, 0.3) is 0 Å². The third kappa shape index (κ3) is 4.68. The maximum absolute atomic E-state index is 2.51. The molecule has 1 nitrogen and oxygen atoms in total. The molecule has 0 bridgehead atoms. The summed E-state index contributed by atoms with van der Waals surface area (Å²) in [5.74, 6) is 0. The van der Waals surface area contributed by atoms with Crippen LogP contribution in [0.15, 0.2) is 127 Å². The van der Waals surface area contributed by atoms with Crippen LogP contribution in [0, 0.1) is 0 Å². The van der Waals surface area contributed by atoms with E-state index in [1.165, 1.54) is 61.2 Å². The smallest absolute Gasteiger partial charge is 0.0540 e. The Morgan fingerprint density at radius 1 is 0.465 bits per heavy atom. The molecule has 0 aliphatic heterocycles. The Hall–Kier alpha value is -5.14. The highest BCUT2D eigenvalue weighted by atomic mass is 15.0. The van der Waals surface area contributed by atoms with Gasteiger partial charge in [-0.25, -0.2) is 0 Å². The number of hydrogen-bond donors (Lipinski definition) is 0. The Bertz CT molecular complexity index is 1990. The minimum atomic E-state index is 1.14. The summed E-state index contributed by atoms with van der Waals surface area (Å²) >= 11 is 0. The molecule has 0 spiro atoms. The van der Waals surface area contributed by atoms with Crippen LogP contribution >= 0.6 is 0 Å². The standard InChI is InChI=1S/C42H33N/c1-2-10-31(11-3-1)33-24-26-34(27-25-33)32-21-18-30(19-22-32)20-23-35-28-29-42(37-13-5-4-12-36(35)37)43-40-16-8-6-14-38(40)39-15-7-9-17-41(39)43/h1-5,8-13,16-29H,6-7,14-15H2/b23-20+. The zero-order valence-electron chi connectivity index (χ0n) is 24.2. The summed E-state index contributed by atoms with van der Waals surface area (Å²) in [6.45, 7) is 0. The maximum Gasteiger partial charge on any atom is 0.0540 e. The van der Waals surface area contributed by atoms with Gasteiger partial charge in [0, 0.05) is 16.8 Å². The predicted molar refractivity (Wildman–Crippen MR) is 184 cm³/mol. The summed E-state index contributed by atoms with van der Waals surface area (Å²) in [4.78, 5) is 0. The quantitative estimate of drug-likeness (QED) is 0.188. The van der Waals surface area contributed by atoms with E-state index in [-0.39, 0.29) is 0 Å². The molecule has 8 rings (SSSR count). The Labute approximate surface area is 253 Å². The number of nitrogens with zero attached hydrogens (tertiary/aromatic N) is 1. The van der Waals surface area contributed by atoms with Crippen LogP contribution in [-0.4, -0.2) is 4.57 Å². The molecular formula is C42H33N. The SMILES string of the molecule is C1=Cc2c(c3c(n2-c2ccc(/C=C/c4ccc(-c5ccc(-c6ccccc6)cc5)cc4)c4ccccc24)C=CCC3)CC1. The summed E-state index contributed by atoms with van der Waals surface area (Å²) in [5, 5.41) is 2.57. The van der Waals surface area contributed by atoms with Crippen molar-refractivity contribution < 1.29 is 0 Å². The van der Waals surface area contributed by atoms with E-state index in [1.54, 1.807) is 11.1 Å². The van der Waals surface area contributed by atoms with E-state index < -0.39 is 0 Å². The Morgan fingerprint density at radius 2 is 1.00 bits per heavy atom. The minimum absolute atomic E-state index is 1.14. The molecule has 1 aromatic heterocycles. The Balaban J connectivity index is 1.10. The average Bonchev–Trinajstić information content (AvgIpc) is 3.42. The normalized spacial score (nSPS) is 13.9. The minimum Gasteiger partial charge on any atom is -0.309 e. The van der Waals surface area contributed by atoms with Crippen LogP contribution in [0.4, 0.5) is 0 Å². The number of aromatic nitrogens is 1. The van der Waals surface area contributed by atoms with Crippen LogP contribution in [0.1, 0.15) is 46.5 Å². The Kier molecular flexibility index (Phi) is 6.50. The number of benzene rings is 5. The van der Waals surface area contributed by atoms with E-state index in [4.69, 9.17) is 0 Å². The van der Waals surface area contributed by atoms with Gasteiger partial charge in [-0.15, -0.1) is 0 Å². The Morgan fingerprint density at radius 3 is 1.63 bits per heavy atom. The van der Waals surface area contributed by atoms with E-state index in [0.29, 0.717) is 0 Å². The molecule has 0 saturated carbocycles. The van der Waals surface area contributed by atoms with Gasteiger partial charge in [0.15, 0.2) is 0 Å². The van der Waals surface area contributed by atoms with Gasteiger partial charge in [0.1, 0.15) is 0 Å². The highest BCUT2D eigenvalue weighted by molar-refractivity contribution is 5.98. The van der Waals surface area contributed by atoms with Gasteiger partial charge in [0.05, 0.1) is 5.69 Å². The van der Waals surface area contributed by atoms with Gasteiger partial charge in [-0.3, -0.25) is 0 Å². The zero-order chi connectivity index (χ0) is 28.6. The largest absolute Gasteiger partial charge is 0.309 e. The number of allylic oxidation sites excluding steroid dienone is 2. The van der Waals surface area contributed by atoms with Crippen molar-refractivity contribution in [1.82, 2.24) is 4.57 Å². The maximum atomic E-state index is 2.51. The van der Waals surface area contributed by atoms with Crippen LogP contribution in [0.5, 0.6) is 0 Å². The van der Waals surface area contributed by atoms with E-state index >= 15 is 0 Å². The summed E-state index contributed by atoms with van der Waals surface area (Å²) < 4.78 is 2.51. The van der Waals surface area contributed by atoms with Gasteiger partial charge in [-0.2, -0.15) is 0 Å². The third-order valence-electron chi connectivity index (χ3n) is 9.00. The van der Waals surface area contributed by atoms with Crippen molar-refractivity contribution >= 4 is 35.1 Å². The van der Waals surface area contributed by atoms with Gasteiger partial charge in [-0.05, 0) is 93.8 Å². The molecule has 0 unspecified atom stereocenters. The van der Waals surface area contributed by atoms with E-state index in [9.17, 15) is 0 Å². The van der Waals surface area contributed by atoms with Crippen LogP contribution in [0.3, 0.4) is 0 Å². The van der Waals surface area contributed by atoms with E-state index in [1.807, 2.05) is 0 Å². The number of hydrogen-bond acceptors (Lipinski definition) is 0. The number of fused-ring (bicyclic) bond motifs is 4. The molecule has 1 heteroatoms. The van der Waals surface area contributed by atoms with Gasteiger partial charge in [0.2, 0.25) is 0 Å². The monoisotopic (exact) mass is 551 g/mol. The lowest BCUT2D eigenvalue weighted by molar-refractivity contribution is 0.922. The van der Waals surface area contributed by atoms with Crippen LogP contribution in [0.25, 0.3) is 63.0 Å². The van der Waals surface area contributed by atoms with Crippen LogP contribution in [-0.2, 0) is 12.8 Å². The molecule has 5 aromatic carbocycles. The second-order valence-corrected chi connectivity index (χ2v) is 11.6. The second-order valence-electron chi connectivity index (χ2n) is 11.6. The third-order valence-corrected chi connectivity index (χ3v) is 9.00. The highest BCUT2D eigenvalue weighted by Crippen LogP contribution is 2.38. The predicted octanol–water partition coefficient (Wildman–Crippen LogP) is 11.1. The first-order chi connectivity index (χ1) is 21.3. The molecule has 0 fully saturated rings. The first-order valence-corrected chi connectivity index (χ1v) is 15.4. The van der Waals surface area contributed by atoms with Crippen LogP contribution in [0.2, 0.25) is 0 Å². The molecule has 0 amide bonds. The van der Waals surface area contributed by atoms with Crippen molar-refractivity contribution in [2.75, 3.05) is 0 Å².